The van der Waals surface area contributed by atoms with Gasteiger partial charge < -0.3 is 5.11 Å². The second kappa shape index (κ2) is 1.95. The lowest BCUT2D eigenvalue weighted by atomic mass is 10.0. The molecule has 0 spiro atoms. The Kier molecular flexibility index (Phi) is 1.41. The summed E-state index contributed by atoms with van der Waals surface area (Å²) in [5.74, 6) is 0. The van der Waals surface area contributed by atoms with E-state index >= 15 is 0 Å². The zero-order valence-corrected chi connectivity index (χ0v) is 5.76. The number of hydrogen-bond acceptors (Lipinski definition) is 2. The van der Waals surface area contributed by atoms with Crippen LogP contribution < -0.4 is 0 Å². The van der Waals surface area contributed by atoms with Crippen molar-refractivity contribution in [2.75, 3.05) is 6.54 Å². The summed E-state index contributed by atoms with van der Waals surface area (Å²) in [5.41, 5.74) is 0.0231. The first kappa shape index (κ1) is 6.49. The van der Waals surface area contributed by atoms with Gasteiger partial charge in [0.25, 0.3) is 0 Å². The van der Waals surface area contributed by atoms with Gasteiger partial charge in [0.2, 0.25) is 0 Å². The summed E-state index contributed by atoms with van der Waals surface area (Å²) in [6.45, 7) is 4.20. The van der Waals surface area contributed by atoms with Crippen LogP contribution in [0.5, 0.6) is 0 Å². The largest absolute Gasteiger partial charge is 0.384 e. The van der Waals surface area contributed by atoms with Crippen LogP contribution in [0.15, 0.2) is 17.1 Å². The maximum atomic E-state index is 9.34. The molecule has 0 saturated heterocycles. The second-order valence-electron chi connectivity index (χ2n) is 2.69. The molecule has 2 heteroatoms. The quantitative estimate of drug-likeness (QED) is 0.551. The lowest BCUT2D eigenvalue weighted by molar-refractivity contribution is 0.155. The molecule has 0 saturated carbocycles. The molecule has 0 atom stereocenters. The van der Waals surface area contributed by atoms with Crippen LogP contribution in [0.25, 0.3) is 0 Å². The third kappa shape index (κ3) is 1.39. The fourth-order valence-corrected chi connectivity index (χ4v) is 0.765. The summed E-state index contributed by atoms with van der Waals surface area (Å²) < 4.78 is 0. The number of aliphatic hydroxyl groups is 1. The lowest BCUT2D eigenvalue weighted by Gasteiger charge is -2.14. The van der Waals surface area contributed by atoms with Crippen molar-refractivity contribution in [3.8, 4) is 0 Å². The molecule has 0 aromatic carbocycles. The van der Waals surface area contributed by atoms with Gasteiger partial charge in [-0.1, -0.05) is 6.08 Å². The molecule has 1 aliphatic rings. The van der Waals surface area contributed by atoms with E-state index in [1.165, 1.54) is 0 Å². The van der Waals surface area contributed by atoms with E-state index in [1.54, 1.807) is 13.8 Å². The number of aliphatic imine (C=N–C) groups is 1. The molecule has 0 aromatic rings. The molecule has 0 aliphatic carbocycles. The van der Waals surface area contributed by atoms with E-state index in [0.717, 1.165) is 12.3 Å². The van der Waals surface area contributed by atoms with E-state index in [4.69, 9.17) is 0 Å². The van der Waals surface area contributed by atoms with E-state index in [0.29, 0.717) is 0 Å². The first-order chi connectivity index (χ1) is 4.11. The predicted octanol–water partition coefficient (Wildman–Crippen LogP) is 0.768. The van der Waals surface area contributed by atoms with Gasteiger partial charge in [-0.3, -0.25) is 4.99 Å². The lowest BCUT2D eigenvalue weighted by Crippen LogP contribution is -2.28. The first-order valence-electron chi connectivity index (χ1n) is 3.04. The highest BCUT2D eigenvalue weighted by molar-refractivity contribution is 6.02. The molecule has 0 aromatic heterocycles. The molecular weight excluding hydrogens is 114 g/mol. The molecule has 0 amide bonds. The van der Waals surface area contributed by atoms with Gasteiger partial charge in [0.15, 0.2) is 0 Å². The molecule has 0 bridgehead atoms. The number of nitrogens with zero attached hydrogens (tertiary/aromatic N) is 1. The summed E-state index contributed by atoms with van der Waals surface area (Å²) in [6.07, 6.45) is 3.80. The van der Waals surface area contributed by atoms with Gasteiger partial charge in [0.1, 0.15) is 5.60 Å². The Morgan fingerprint density at radius 2 is 2.33 bits per heavy atom. The molecule has 0 radical (unpaired) electrons. The normalized spacial score (nSPS) is 18.3. The van der Waals surface area contributed by atoms with E-state index in [2.05, 4.69) is 4.99 Å². The summed E-state index contributed by atoms with van der Waals surface area (Å²) in [6, 6.07) is 0. The molecule has 2 nitrogen and oxygen atoms in total. The highest BCUT2D eigenvalue weighted by Gasteiger charge is 2.19. The van der Waals surface area contributed by atoms with Gasteiger partial charge in [0, 0.05) is 0 Å². The van der Waals surface area contributed by atoms with Gasteiger partial charge in [-0.2, -0.15) is 0 Å². The van der Waals surface area contributed by atoms with Crippen LogP contribution in [0.2, 0.25) is 0 Å². The Hall–Kier alpha value is -0.630. The van der Waals surface area contributed by atoms with Crippen molar-refractivity contribution in [2.24, 2.45) is 4.99 Å². The summed E-state index contributed by atoms with van der Waals surface area (Å²) in [4.78, 5) is 4.06. The average Bonchev–Trinajstić information content (AvgIpc) is 2.08. The Labute approximate surface area is 54.9 Å². The van der Waals surface area contributed by atoms with Crippen molar-refractivity contribution in [3.05, 3.63) is 12.2 Å². The van der Waals surface area contributed by atoms with Crippen molar-refractivity contribution in [2.45, 2.75) is 19.4 Å². The maximum absolute atomic E-state index is 9.34. The molecule has 1 rings (SSSR count). The van der Waals surface area contributed by atoms with Crippen molar-refractivity contribution >= 4 is 5.71 Å². The van der Waals surface area contributed by atoms with Gasteiger partial charge in [-0.05, 0) is 19.9 Å². The van der Waals surface area contributed by atoms with E-state index < -0.39 is 5.60 Å². The minimum Gasteiger partial charge on any atom is -0.384 e. The van der Waals surface area contributed by atoms with Crippen molar-refractivity contribution in [3.63, 3.8) is 0 Å². The molecular formula is C7H11NO. The molecule has 0 fully saturated rings. The average molecular weight is 125 g/mol. The minimum atomic E-state index is -0.757. The maximum Gasteiger partial charge on any atom is 0.100 e. The van der Waals surface area contributed by atoms with E-state index in [9.17, 15) is 5.11 Å². The third-order valence-corrected chi connectivity index (χ3v) is 1.27. The highest BCUT2D eigenvalue weighted by atomic mass is 16.3. The van der Waals surface area contributed by atoms with Crippen molar-refractivity contribution in [1.29, 1.82) is 0 Å². The fourth-order valence-electron chi connectivity index (χ4n) is 0.765. The first-order valence-corrected chi connectivity index (χ1v) is 3.04. The Balaban J connectivity index is 2.73. The molecule has 1 N–H and O–H groups in total. The third-order valence-electron chi connectivity index (χ3n) is 1.27. The molecule has 1 heterocycles. The van der Waals surface area contributed by atoms with Gasteiger partial charge in [0.05, 0.1) is 12.3 Å². The highest BCUT2D eigenvalue weighted by Crippen LogP contribution is 2.09. The zero-order valence-electron chi connectivity index (χ0n) is 5.76. The van der Waals surface area contributed by atoms with Gasteiger partial charge in [-0.25, -0.2) is 0 Å². The van der Waals surface area contributed by atoms with Crippen LogP contribution in [0.4, 0.5) is 0 Å². The van der Waals surface area contributed by atoms with Gasteiger partial charge in [-0.15, -0.1) is 0 Å². The summed E-state index contributed by atoms with van der Waals surface area (Å²) >= 11 is 0. The fraction of sp³-hybridized carbons (Fsp3) is 0.571. The van der Waals surface area contributed by atoms with Crippen LogP contribution in [-0.2, 0) is 0 Å². The summed E-state index contributed by atoms with van der Waals surface area (Å²) in [5, 5.41) is 9.34. The number of rotatable bonds is 1. The van der Waals surface area contributed by atoms with E-state index in [-0.39, 0.29) is 0 Å². The topological polar surface area (TPSA) is 32.6 Å². The second-order valence-corrected chi connectivity index (χ2v) is 2.69. The number of hydrogen-bond donors (Lipinski definition) is 1. The SMILES string of the molecule is CC(C)(O)C1=NCC=C1. The predicted molar refractivity (Wildman–Crippen MR) is 37.7 cm³/mol. The Morgan fingerprint density at radius 3 is 2.56 bits per heavy atom. The Bertz CT molecular complexity index is 162. The van der Waals surface area contributed by atoms with Gasteiger partial charge >= 0.3 is 0 Å². The zero-order chi connectivity index (χ0) is 6.91. The molecule has 1 aliphatic heterocycles. The molecule has 9 heavy (non-hydrogen) atoms. The van der Waals surface area contributed by atoms with Crippen LogP contribution in [-0.4, -0.2) is 23.0 Å². The minimum absolute atomic E-state index is 0.722. The summed E-state index contributed by atoms with van der Waals surface area (Å²) in [7, 11) is 0. The van der Waals surface area contributed by atoms with Crippen LogP contribution in [0.3, 0.4) is 0 Å². The van der Waals surface area contributed by atoms with Crippen LogP contribution in [0.1, 0.15) is 13.8 Å². The van der Waals surface area contributed by atoms with Crippen LogP contribution >= 0.6 is 0 Å². The monoisotopic (exact) mass is 125 g/mol. The Morgan fingerprint density at radius 1 is 1.67 bits per heavy atom. The smallest absolute Gasteiger partial charge is 0.100 e. The molecule has 0 unspecified atom stereocenters. The van der Waals surface area contributed by atoms with Crippen LogP contribution in [0, 0.1) is 0 Å². The van der Waals surface area contributed by atoms with Crippen molar-refractivity contribution < 1.29 is 5.11 Å². The van der Waals surface area contributed by atoms with Crippen molar-refractivity contribution in [1.82, 2.24) is 0 Å². The standard InChI is InChI=1S/C7H11NO/c1-7(2,9)6-4-3-5-8-6/h3-4,9H,5H2,1-2H3. The van der Waals surface area contributed by atoms with E-state index in [1.807, 2.05) is 12.2 Å². The molecule has 50 valence electrons.